The van der Waals surface area contributed by atoms with Crippen molar-refractivity contribution in [3.63, 3.8) is 0 Å². The van der Waals surface area contributed by atoms with Crippen LogP contribution in [0.15, 0.2) is 12.1 Å². The van der Waals surface area contributed by atoms with Gasteiger partial charge in [0, 0.05) is 17.6 Å². The molecular formula is C17H27F2N. The van der Waals surface area contributed by atoms with Gasteiger partial charge in [-0.1, -0.05) is 26.7 Å². The van der Waals surface area contributed by atoms with Gasteiger partial charge in [-0.05, 0) is 50.8 Å². The predicted octanol–water partition coefficient (Wildman–Crippen LogP) is 5.14. The Balaban J connectivity index is 2.58. The van der Waals surface area contributed by atoms with E-state index in [0.29, 0.717) is 23.1 Å². The van der Waals surface area contributed by atoms with E-state index >= 15 is 0 Å². The molecule has 0 spiro atoms. The Bertz CT molecular complexity index is 429. The van der Waals surface area contributed by atoms with Gasteiger partial charge in [0.15, 0.2) is 0 Å². The van der Waals surface area contributed by atoms with Gasteiger partial charge in [-0.15, -0.1) is 0 Å². The summed E-state index contributed by atoms with van der Waals surface area (Å²) in [6.45, 7) is 9.98. The van der Waals surface area contributed by atoms with Crippen molar-refractivity contribution in [1.29, 1.82) is 0 Å². The molecule has 0 radical (unpaired) electrons. The molecular weight excluding hydrogens is 256 g/mol. The molecule has 1 aromatic rings. The third-order valence-corrected chi connectivity index (χ3v) is 3.70. The zero-order valence-electron chi connectivity index (χ0n) is 13.3. The third kappa shape index (κ3) is 5.20. The normalized spacial score (nSPS) is 14.6. The molecule has 1 aromatic carbocycles. The second kappa shape index (κ2) is 7.72. The molecule has 0 aromatic heterocycles. The molecule has 0 aliphatic carbocycles. The molecule has 0 bridgehead atoms. The highest BCUT2D eigenvalue weighted by Crippen LogP contribution is 2.21. The van der Waals surface area contributed by atoms with Crippen LogP contribution in [0.1, 0.15) is 64.1 Å². The fourth-order valence-corrected chi connectivity index (χ4v) is 2.43. The minimum atomic E-state index is -0.345. The summed E-state index contributed by atoms with van der Waals surface area (Å²) >= 11 is 0. The maximum absolute atomic E-state index is 13.9. The van der Waals surface area contributed by atoms with Gasteiger partial charge in [0.1, 0.15) is 11.6 Å². The maximum Gasteiger partial charge on any atom is 0.128 e. The molecule has 114 valence electrons. The zero-order valence-corrected chi connectivity index (χ0v) is 13.3. The average molecular weight is 283 g/mol. The molecule has 0 heterocycles. The van der Waals surface area contributed by atoms with Crippen molar-refractivity contribution in [1.82, 2.24) is 5.32 Å². The number of hydrogen-bond acceptors (Lipinski definition) is 1. The van der Waals surface area contributed by atoms with Crippen molar-refractivity contribution in [2.45, 2.75) is 66.0 Å². The van der Waals surface area contributed by atoms with Gasteiger partial charge in [0.25, 0.3) is 0 Å². The van der Waals surface area contributed by atoms with Crippen LogP contribution < -0.4 is 5.32 Å². The Morgan fingerprint density at radius 3 is 2.25 bits per heavy atom. The molecule has 2 unspecified atom stereocenters. The van der Waals surface area contributed by atoms with Gasteiger partial charge >= 0.3 is 0 Å². The van der Waals surface area contributed by atoms with Crippen LogP contribution in [0.5, 0.6) is 0 Å². The summed E-state index contributed by atoms with van der Waals surface area (Å²) in [5.74, 6) is 0.0315. The van der Waals surface area contributed by atoms with Gasteiger partial charge in [-0.2, -0.15) is 0 Å². The van der Waals surface area contributed by atoms with Crippen LogP contribution in [-0.4, -0.2) is 6.04 Å². The van der Waals surface area contributed by atoms with Crippen LogP contribution in [0.3, 0.4) is 0 Å². The maximum atomic E-state index is 13.9. The zero-order chi connectivity index (χ0) is 15.3. The molecule has 2 atom stereocenters. The van der Waals surface area contributed by atoms with Gasteiger partial charge in [0.05, 0.1) is 0 Å². The molecule has 0 saturated heterocycles. The average Bonchev–Trinajstić information content (AvgIpc) is 2.33. The quantitative estimate of drug-likeness (QED) is 0.730. The number of rotatable bonds is 7. The highest BCUT2D eigenvalue weighted by atomic mass is 19.1. The Labute approximate surface area is 121 Å². The van der Waals surface area contributed by atoms with E-state index in [1.54, 1.807) is 6.92 Å². The molecule has 0 amide bonds. The SMILES string of the molecule is Cc1cc(F)c(C(C)NC(C)CCCC(C)C)cc1F. The molecule has 0 saturated carbocycles. The lowest BCUT2D eigenvalue weighted by Gasteiger charge is -2.21. The molecule has 0 fully saturated rings. The Kier molecular flexibility index (Phi) is 6.60. The van der Waals surface area contributed by atoms with Crippen LogP contribution >= 0.6 is 0 Å². The third-order valence-electron chi connectivity index (χ3n) is 3.70. The van der Waals surface area contributed by atoms with Gasteiger partial charge < -0.3 is 5.32 Å². The van der Waals surface area contributed by atoms with Crippen molar-refractivity contribution >= 4 is 0 Å². The summed E-state index contributed by atoms with van der Waals surface area (Å²) in [5, 5.41) is 3.35. The van der Waals surface area contributed by atoms with Gasteiger partial charge in [-0.25, -0.2) is 8.78 Å². The summed E-state index contributed by atoms with van der Waals surface area (Å²) in [7, 11) is 0. The van der Waals surface area contributed by atoms with Crippen molar-refractivity contribution in [2.75, 3.05) is 0 Å². The number of aryl methyl sites for hydroxylation is 1. The summed E-state index contributed by atoms with van der Waals surface area (Å²) in [6, 6.07) is 2.70. The lowest BCUT2D eigenvalue weighted by atomic mass is 10.0. The van der Waals surface area contributed by atoms with Crippen molar-refractivity contribution in [2.24, 2.45) is 5.92 Å². The topological polar surface area (TPSA) is 12.0 Å². The van der Waals surface area contributed by atoms with Gasteiger partial charge in [-0.3, -0.25) is 0 Å². The highest BCUT2D eigenvalue weighted by molar-refractivity contribution is 5.27. The minimum absolute atomic E-state index is 0.181. The lowest BCUT2D eigenvalue weighted by Crippen LogP contribution is -2.29. The smallest absolute Gasteiger partial charge is 0.128 e. The molecule has 3 heteroatoms. The van der Waals surface area contributed by atoms with Crippen LogP contribution in [0, 0.1) is 24.5 Å². The monoisotopic (exact) mass is 283 g/mol. The minimum Gasteiger partial charge on any atom is -0.308 e. The van der Waals surface area contributed by atoms with Crippen LogP contribution in [-0.2, 0) is 0 Å². The van der Waals surface area contributed by atoms with E-state index in [-0.39, 0.29) is 17.7 Å². The number of halogens is 2. The van der Waals surface area contributed by atoms with E-state index in [1.165, 1.54) is 18.6 Å². The van der Waals surface area contributed by atoms with Gasteiger partial charge in [0.2, 0.25) is 0 Å². The summed E-state index contributed by atoms with van der Waals surface area (Å²) in [4.78, 5) is 0. The number of benzene rings is 1. The number of nitrogens with one attached hydrogen (secondary N) is 1. The first kappa shape index (κ1) is 17.1. The van der Waals surface area contributed by atoms with Crippen molar-refractivity contribution < 1.29 is 8.78 Å². The highest BCUT2D eigenvalue weighted by Gasteiger charge is 2.15. The first-order chi connectivity index (χ1) is 9.31. The molecule has 1 N–H and O–H groups in total. The van der Waals surface area contributed by atoms with E-state index in [4.69, 9.17) is 0 Å². The molecule has 1 rings (SSSR count). The fourth-order valence-electron chi connectivity index (χ4n) is 2.43. The fraction of sp³-hybridized carbons (Fsp3) is 0.647. The Morgan fingerprint density at radius 2 is 1.65 bits per heavy atom. The summed E-state index contributed by atoms with van der Waals surface area (Å²) in [6.07, 6.45) is 3.41. The van der Waals surface area contributed by atoms with E-state index in [2.05, 4.69) is 26.1 Å². The number of hydrogen-bond donors (Lipinski definition) is 1. The second-order valence-electron chi connectivity index (χ2n) is 6.24. The van der Waals surface area contributed by atoms with Crippen molar-refractivity contribution in [3.8, 4) is 0 Å². The van der Waals surface area contributed by atoms with E-state index in [9.17, 15) is 8.78 Å². The molecule has 1 nitrogen and oxygen atoms in total. The second-order valence-corrected chi connectivity index (χ2v) is 6.24. The Hall–Kier alpha value is -0.960. The summed E-state index contributed by atoms with van der Waals surface area (Å²) in [5.41, 5.74) is 0.757. The molecule has 0 aliphatic rings. The lowest BCUT2D eigenvalue weighted by molar-refractivity contribution is 0.415. The van der Waals surface area contributed by atoms with E-state index < -0.39 is 0 Å². The predicted molar refractivity (Wildman–Crippen MR) is 80.8 cm³/mol. The Morgan fingerprint density at radius 1 is 1.00 bits per heavy atom. The molecule has 20 heavy (non-hydrogen) atoms. The van der Waals surface area contributed by atoms with Crippen LogP contribution in [0.4, 0.5) is 8.78 Å². The van der Waals surface area contributed by atoms with Crippen molar-refractivity contribution in [3.05, 3.63) is 34.9 Å². The first-order valence-electron chi connectivity index (χ1n) is 7.52. The summed E-state index contributed by atoms with van der Waals surface area (Å²) < 4.78 is 27.4. The van der Waals surface area contributed by atoms with E-state index in [0.717, 1.165) is 12.8 Å². The largest absolute Gasteiger partial charge is 0.308 e. The molecule has 0 aliphatic heterocycles. The van der Waals surface area contributed by atoms with Crippen LogP contribution in [0.2, 0.25) is 0 Å². The first-order valence-corrected chi connectivity index (χ1v) is 7.52. The standard InChI is InChI=1S/C17H27F2N/c1-11(2)7-6-8-13(4)20-14(5)15-10-16(18)12(3)9-17(15)19/h9-11,13-14,20H,6-8H2,1-5H3. The van der Waals surface area contributed by atoms with E-state index in [1.807, 2.05) is 6.92 Å². The van der Waals surface area contributed by atoms with Crippen LogP contribution in [0.25, 0.3) is 0 Å².